The van der Waals surface area contributed by atoms with E-state index < -0.39 is 21.3 Å². The summed E-state index contributed by atoms with van der Waals surface area (Å²) in [6.45, 7) is 1.73. The number of hydrogen-bond acceptors (Lipinski definition) is 9. The second kappa shape index (κ2) is 12.1. The third-order valence-corrected chi connectivity index (χ3v) is 7.36. The molecule has 11 heteroatoms. The summed E-state index contributed by atoms with van der Waals surface area (Å²) in [6.07, 6.45) is 2.04. The normalized spacial score (nSPS) is 12.3. The number of hydroxylamine groups is 1. The summed E-state index contributed by atoms with van der Waals surface area (Å²) in [4.78, 5) is 32.3. The Morgan fingerprint density at radius 1 is 1.20 bits per heavy atom. The maximum atomic E-state index is 12.1. The predicted octanol–water partition coefficient (Wildman–Crippen LogP) is 2.96. The number of hydrogen-bond donors (Lipinski definition) is 2. The van der Waals surface area contributed by atoms with E-state index in [2.05, 4.69) is 10.5 Å². The van der Waals surface area contributed by atoms with Gasteiger partial charge in [-0.05, 0) is 48.3 Å². The fraction of sp³-hybridized carbons (Fsp3) is 0.316. The first-order valence-corrected chi connectivity index (χ1v) is 12.8. The minimum absolute atomic E-state index is 0.0264. The van der Waals surface area contributed by atoms with Crippen LogP contribution in [0.25, 0.3) is 0 Å². The molecule has 1 heterocycles. The number of nitrogens with one attached hydrogen (secondary N) is 1. The van der Waals surface area contributed by atoms with Crippen LogP contribution in [0, 0.1) is 0 Å². The Bertz CT molecular complexity index is 937. The molecule has 0 amide bonds. The topological polar surface area (TPSA) is 123 Å². The number of benzene rings is 1. The first-order valence-electron chi connectivity index (χ1n) is 8.97. The third kappa shape index (κ3) is 8.44. The summed E-state index contributed by atoms with van der Waals surface area (Å²) in [5.41, 5.74) is 3.95. The van der Waals surface area contributed by atoms with E-state index in [0.717, 1.165) is 10.6 Å². The molecule has 1 aromatic carbocycles. The van der Waals surface area contributed by atoms with Crippen molar-refractivity contribution in [2.45, 2.75) is 30.0 Å². The summed E-state index contributed by atoms with van der Waals surface area (Å²) < 4.78 is 32.5. The lowest BCUT2D eigenvalue weighted by molar-refractivity contribution is -0.150. The van der Waals surface area contributed by atoms with Gasteiger partial charge in [-0.1, -0.05) is 41.1 Å². The third-order valence-electron chi connectivity index (χ3n) is 3.92. The number of ketones is 1. The summed E-state index contributed by atoms with van der Waals surface area (Å²) in [6, 6.07) is 12.4. The van der Waals surface area contributed by atoms with Crippen LogP contribution in [-0.4, -0.2) is 47.3 Å². The molecule has 2 aromatic rings. The molecule has 0 fully saturated rings. The molecule has 0 bridgehead atoms. The Morgan fingerprint density at radius 2 is 1.93 bits per heavy atom. The molecule has 8 nitrogen and oxygen atoms in total. The Balaban J connectivity index is 1.75. The zero-order valence-electron chi connectivity index (χ0n) is 16.2. The van der Waals surface area contributed by atoms with E-state index in [4.69, 9.17) is 4.84 Å². The largest absolute Gasteiger partial charge is 0.369 e. The van der Waals surface area contributed by atoms with E-state index in [1.807, 2.05) is 12.1 Å². The molecule has 0 spiro atoms. The van der Waals surface area contributed by atoms with Gasteiger partial charge in [0.1, 0.15) is 5.03 Å². The Labute approximate surface area is 183 Å². The number of pyridine rings is 1. The van der Waals surface area contributed by atoms with Crippen molar-refractivity contribution in [3.63, 3.8) is 0 Å². The highest BCUT2D eigenvalue weighted by atomic mass is 33.1. The number of rotatable bonds is 12. The van der Waals surface area contributed by atoms with E-state index in [0.29, 0.717) is 17.7 Å². The van der Waals surface area contributed by atoms with Crippen molar-refractivity contribution < 1.29 is 27.4 Å². The minimum atomic E-state index is -4.60. The molecule has 2 N–H and O–H groups in total. The van der Waals surface area contributed by atoms with Gasteiger partial charge in [0.05, 0.1) is 0 Å². The minimum Gasteiger partial charge on any atom is -0.369 e. The molecule has 1 aromatic heterocycles. The highest BCUT2D eigenvalue weighted by Crippen LogP contribution is 2.30. The lowest BCUT2D eigenvalue weighted by Gasteiger charge is -2.13. The monoisotopic (exact) mass is 470 g/mol. The van der Waals surface area contributed by atoms with Crippen LogP contribution in [0.5, 0.6) is 0 Å². The Hall–Kier alpha value is -1.92. The van der Waals surface area contributed by atoms with Gasteiger partial charge in [-0.15, -0.1) is 0 Å². The van der Waals surface area contributed by atoms with Crippen LogP contribution in [0.2, 0.25) is 0 Å². The summed E-state index contributed by atoms with van der Waals surface area (Å²) in [5.74, 6) is -0.794. The van der Waals surface area contributed by atoms with Gasteiger partial charge in [0.15, 0.2) is 11.0 Å². The van der Waals surface area contributed by atoms with Gasteiger partial charge in [0.25, 0.3) is 10.1 Å². The van der Waals surface area contributed by atoms with Crippen LogP contribution in [0.15, 0.2) is 53.7 Å². The first kappa shape index (κ1) is 24.4. The van der Waals surface area contributed by atoms with Crippen LogP contribution < -0.4 is 5.48 Å². The van der Waals surface area contributed by atoms with Crippen LogP contribution >= 0.6 is 21.6 Å². The summed E-state index contributed by atoms with van der Waals surface area (Å²) in [5, 5.41) is -0.914. The van der Waals surface area contributed by atoms with Crippen molar-refractivity contribution in [2.75, 3.05) is 12.3 Å². The SMILES string of the molecule is CC(=O)c1ccc(CCNOC(=O)C(CCSSc2ccccn2)S(=O)(=O)O)cc1. The second-order valence-corrected chi connectivity index (χ2v) is 10.2. The Kier molecular flexibility index (Phi) is 9.79. The van der Waals surface area contributed by atoms with Gasteiger partial charge in [0, 0.05) is 24.1 Å². The summed E-state index contributed by atoms with van der Waals surface area (Å²) in [7, 11) is -1.93. The van der Waals surface area contributed by atoms with E-state index in [1.165, 1.54) is 28.5 Å². The standard InChI is InChI=1S/C19H22N2O6S3/c1-14(22)16-7-5-15(6-8-16)9-12-21-27-19(23)17(30(24,25)26)10-13-28-29-18-4-2-3-11-20-18/h2-8,11,17,21H,9-10,12-13H2,1H3,(H,24,25,26). The van der Waals surface area contributed by atoms with Crippen molar-refractivity contribution in [1.29, 1.82) is 0 Å². The van der Waals surface area contributed by atoms with Crippen molar-refractivity contribution >= 4 is 43.5 Å². The van der Waals surface area contributed by atoms with E-state index in [1.54, 1.807) is 36.5 Å². The molecule has 0 aliphatic carbocycles. The first-order chi connectivity index (χ1) is 14.3. The highest BCUT2D eigenvalue weighted by Gasteiger charge is 2.32. The maximum absolute atomic E-state index is 12.1. The van der Waals surface area contributed by atoms with Gasteiger partial charge in [-0.2, -0.15) is 13.9 Å². The fourth-order valence-corrected chi connectivity index (χ4v) is 5.16. The molecule has 0 aliphatic heterocycles. The van der Waals surface area contributed by atoms with E-state index in [-0.39, 0.29) is 18.7 Å². The average molecular weight is 471 g/mol. The van der Waals surface area contributed by atoms with Crippen LogP contribution in [0.4, 0.5) is 0 Å². The molecule has 162 valence electrons. The zero-order chi connectivity index (χ0) is 22.0. The van der Waals surface area contributed by atoms with Crippen molar-refractivity contribution in [1.82, 2.24) is 10.5 Å². The fourth-order valence-electron chi connectivity index (χ4n) is 2.33. The smallest absolute Gasteiger partial charge is 0.345 e. The van der Waals surface area contributed by atoms with Gasteiger partial charge < -0.3 is 4.84 Å². The molecule has 0 radical (unpaired) electrons. The number of nitrogens with zero attached hydrogens (tertiary/aromatic N) is 1. The van der Waals surface area contributed by atoms with Crippen molar-refractivity contribution in [3.05, 3.63) is 59.8 Å². The van der Waals surface area contributed by atoms with Crippen LogP contribution in [0.1, 0.15) is 29.3 Å². The molecule has 30 heavy (non-hydrogen) atoms. The lowest BCUT2D eigenvalue weighted by atomic mass is 10.1. The predicted molar refractivity (Wildman–Crippen MR) is 117 cm³/mol. The molecule has 1 unspecified atom stereocenters. The molecule has 2 rings (SSSR count). The van der Waals surface area contributed by atoms with Crippen molar-refractivity contribution in [3.8, 4) is 0 Å². The molecule has 0 saturated carbocycles. The zero-order valence-corrected chi connectivity index (χ0v) is 18.6. The van der Waals surface area contributed by atoms with Gasteiger partial charge in [0.2, 0.25) is 0 Å². The van der Waals surface area contributed by atoms with Gasteiger partial charge in [-0.3, -0.25) is 9.35 Å². The molecule has 0 aliphatic rings. The molecular weight excluding hydrogens is 448 g/mol. The quantitative estimate of drug-likeness (QED) is 0.157. The number of aromatic nitrogens is 1. The van der Waals surface area contributed by atoms with E-state index >= 15 is 0 Å². The number of Topliss-reactive ketones (excluding diaryl/α,β-unsaturated/α-hetero) is 1. The lowest BCUT2D eigenvalue weighted by Crippen LogP contribution is -2.36. The molecule has 1 atom stereocenters. The van der Waals surface area contributed by atoms with Gasteiger partial charge >= 0.3 is 5.97 Å². The van der Waals surface area contributed by atoms with Gasteiger partial charge in [-0.25, -0.2) is 9.78 Å². The molecule has 0 saturated heterocycles. The van der Waals surface area contributed by atoms with E-state index in [9.17, 15) is 22.6 Å². The van der Waals surface area contributed by atoms with Crippen LogP contribution in [0.3, 0.4) is 0 Å². The Morgan fingerprint density at radius 3 is 2.53 bits per heavy atom. The molecular formula is C19H22N2O6S3. The van der Waals surface area contributed by atoms with Crippen molar-refractivity contribution in [2.24, 2.45) is 0 Å². The number of carbonyl (C=O) groups excluding carboxylic acids is 2. The average Bonchev–Trinajstić information content (AvgIpc) is 2.71. The highest BCUT2D eigenvalue weighted by molar-refractivity contribution is 8.76. The maximum Gasteiger partial charge on any atom is 0.345 e. The van der Waals surface area contributed by atoms with Crippen LogP contribution in [-0.2, 0) is 26.2 Å². The summed E-state index contributed by atoms with van der Waals surface area (Å²) >= 11 is 0. The second-order valence-electron chi connectivity index (χ2n) is 6.18. The number of carbonyl (C=O) groups is 2.